The number of hydrogen-bond acceptors (Lipinski definition) is 23. The molecule has 6 atom stereocenters. The first-order chi connectivity index (χ1) is 48.1. The number of benzene rings is 3. The number of rotatable bonds is 28. The minimum atomic E-state index is -3.66. The summed E-state index contributed by atoms with van der Waals surface area (Å²) in [6.07, 6.45) is 5.99. The number of aromatic nitrogens is 6. The van der Waals surface area contributed by atoms with Gasteiger partial charge >= 0.3 is 37.7 Å². The van der Waals surface area contributed by atoms with Crippen LogP contribution in [0, 0.1) is 17.5 Å². The zero-order valence-electron chi connectivity index (χ0n) is 61.9. The number of sulfonamides is 3. The number of nitrogens with zero attached hydrogens (tertiary/aromatic N) is 10. The molecule has 0 unspecified atom stereocenters. The van der Waals surface area contributed by atoms with Gasteiger partial charge in [-0.05, 0) is 104 Å². The van der Waals surface area contributed by atoms with Crippen LogP contribution in [-0.4, -0.2) is 232 Å². The van der Waals surface area contributed by atoms with Gasteiger partial charge in [-0.15, -0.1) is 12.4 Å². The van der Waals surface area contributed by atoms with Crippen molar-refractivity contribution in [2.75, 3.05) is 66.9 Å². The molecule has 0 aliphatic carbocycles. The van der Waals surface area contributed by atoms with Crippen molar-refractivity contribution in [3.8, 4) is 33.8 Å². The summed E-state index contributed by atoms with van der Waals surface area (Å²) >= 11 is 0. The Kier molecular flexibility index (Phi) is 35.4. The molecule has 576 valence electrons. The van der Waals surface area contributed by atoms with Gasteiger partial charge in [-0.1, -0.05) is 78.0 Å². The molecule has 4 heterocycles. The first-order valence-electron chi connectivity index (χ1n) is 32.7. The first kappa shape index (κ1) is 93.1. The molecule has 3 aromatic carbocycles. The number of carboxylic acids is 2. The molecule has 6 aromatic rings. The van der Waals surface area contributed by atoms with E-state index in [2.05, 4.69) is 29.9 Å². The quantitative estimate of drug-likeness (QED) is 0.0387. The Hall–Kier alpha value is -7.12. The third-order valence-corrected chi connectivity index (χ3v) is 19.3. The van der Waals surface area contributed by atoms with Crippen LogP contribution >= 0.6 is 12.4 Å². The molecule has 1 saturated heterocycles. The SMILES string of the molecule is CC(C)c1nc(N(C)S(C)(=O)=O)nc(-c2ccc(F)cc2)c1/C=C/[C@@H](O)C[C@@H](O)CC(=O)[O-].CC(C)c1nc(N(C)S(C)(=O)=O)nc(-c2ccc(F)cc2)c1/C=C/[C@@H](O)C[C@@H](O)CC(=O)[O-].CC(C)c1nc(N(C)S(C)(=O)=O)nc(-c2ccc(F)cc2)c1/C=C/[C@@H]1C[C@H](CC(=O)N(C)C)OC(C)(C)O1.Cl.[Ca+2]. The van der Waals surface area contributed by atoms with E-state index in [4.69, 9.17) is 9.47 Å². The summed E-state index contributed by atoms with van der Waals surface area (Å²) in [4.78, 5) is 61.9. The molecule has 4 N–H and O–H groups in total. The summed E-state index contributed by atoms with van der Waals surface area (Å²) in [5.41, 5.74) is 5.91. The van der Waals surface area contributed by atoms with Gasteiger partial charge in [-0.3, -0.25) is 4.79 Å². The number of carboxylic acid groups (broad SMARTS) is 2. The second-order valence-corrected chi connectivity index (χ2v) is 32.4. The predicted molar refractivity (Wildman–Crippen MR) is 399 cm³/mol. The van der Waals surface area contributed by atoms with Gasteiger partial charge in [0.2, 0.25) is 53.8 Å². The van der Waals surface area contributed by atoms with Crippen molar-refractivity contribution in [2.24, 2.45) is 0 Å². The van der Waals surface area contributed by atoms with E-state index >= 15 is 0 Å². The minimum absolute atomic E-state index is 0. The van der Waals surface area contributed by atoms with Crippen molar-refractivity contribution < 1.29 is 92.9 Å². The van der Waals surface area contributed by atoms with Crippen LogP contribution < -0.4 is 23.1 Å². The number of carbonyl (C=O) groups is 3. The van der Waals surface area contributed by atoms with E-state index in [1.165, 1.54) is 111 Å². The van der Waals surface area contributed by atoms with Crippen LogP contribution in [0.5, 0.6) is 0 Å². The number of aliphatic carboxylic acids is 2. The van der Waals surface area contributed by atoms with Gasteiger partial charge in [0.15, 0.2) is 5.79 Å². The van der Waals surface area contributed by atoms with Crippen LogP contribution in [0.15, 0.2) is 91.0 Å². The molecule has 0 bridgehead atoms. The van der Waals surface area contributed by atoms with Gasteiger partial charge in [0.05, 0.1) is 96.0 Å². The van der Waals surface area contributed by atoms with E-state index in [0.29, 0.717) is 74.0 Å². The van der Waals surface area contributed by atoms with Crippen LogP contribution in [0.3, 0.4) is 0 Å². The summed E-state index contributed by atoms with van der Waals surface area (Å²) in [5, 5.41) is 61.1. The molecule has 1 fully saturated rings. The topological polar surface area (TPSA) is 389 Å². The summed E-state index contributed by atoms with van der Waals surface area (Å²) < 4.78 is 129. The molecule has 0 saturated carbocycles. The summed E-state index contributed by atoms with van der Waals surface area (Å²) in [6, 6.07) is 16.8. The smallest absolute Gasteiger partial charge is 0.550 e. The molecule has 106 heavy (non-hydrogen) atoms. The average molecular weight is 1590 g/mol. The predicted octanol–water partition coefficient (Wildman–Crippen LogP) is 6.38. The Morgan fingerprint density at radius 1 is 0.528 bits per heavy atom. The number of aliphatic hydroxyl groups is 4. The molecule has 0 radical (unpaired) electrons. The number of anilines is 3. The van der Waals surface area contributed by atoms with Gasteiger partial charge in [-0.2, -0.15) is 0 Å². The molecule has 35 heteroatoms. The van der Waals surface area contributed by atoms with Crippen molar-refractivity contribution in [1.82, 2.24) is 34.8 Å². The van der Waals surface area contributed by atoms with E-state index in [1.54, 1.807) is 26.2 Å². The molecule has 27 nitrogen and oxygen atoms in total. The number of aliphatic hydroxyl groups excluding tert-OH is 4. The zero-order chi connectivity index (χ0) is 78.3. The van der Waals surface area contributed by atoms with Crippen molar-refractivity contribution >= 4 is 134 Å². The third kappa shape index (κ3) is 28.1. The molecular weight excluding hydrogens is 1490 g/mol. The molecular formula is C71H92CaClF3N10O17S3. The molecule has 0 spiro atoms. The molecule has 3 aromatic heterocycles. The molecule has 1 aliphatic rings. The second kappa shape index (κ2) is 40.4. The van der Waals surface area contributed by atoms with Gasteiger partial charge in [0.1, 0.15) is 17.5 Å². The van der Waals surface area contributed by atoms with E-state index in [1.807, 2.05) is 67.5 Å². The maximum absolute atomic E-state index is 13.7. The molecule has 1 aliphatic heterocycles. The molecule has 1 amide bonds. The van der Waals surface area contributed by atoms with Crippen LogP contribution in [0.1, 0.15) is 145 Å². The van der Waals surface area contributed by atoms with E-state index in [0.717, 1.165) is 31.7 Å². The first-order valence-corrected chi connectivity index (χ1v) is 38.3. The number of hydrogen-bond donors (Lipinski definition) is 4. The van der Waals surface area contributed by atoms with Crippen LogP contribution in [0.4, 0.5) is 31.0 Å². The van der Waals surface area contributed by atoms with Crippen molar-refractivity contribution in [1.29, 1.82) is 0 Å². The number of carbonyl (C=O) groups excluding carboxylic acids is 3. The fourth-order valence-electron chi connectivity index (χ4n) is 10.2. The van der Waals surface area contributed by atoms with E-state index in [9.17, 15) is 83.4 Å². The van der Waals surface area contributed by atoms with E-state index in [-0.39, 0.29) is 123 Å². The van der Waals surface area contributed by atoms with Gasteiger partial charge in [0.25, 0.3) is 0 Å². The standard InChI is InChI=1S/C27H37FN4O5S.2C22H28FN3O6S.Ca.ClH/c1-17(2)24-22(14-13-20-15-21(16-23(33)31(5)6)37-27(3,4)36-20)25(18-9-11-19(28)12-10-18)30-26(29-24)32(7)38(8,34)35;2*1-13(2)20-18(10-9-16(27)11-17(28)12-19(29)30)21(14-5-7-15(23)8-6-14)25-22(24-20)26(3)33(4,31)32;;/h9-14,17,20-21H,15-16H2,1-8H3;2*5-10,13,16-17,27-28H,11-12H2,1-4H3,(H,29,30);;1H/q;;;+2;/p-2/b14-13+;2*10-9+;;/t20-,21-;2*16-,17-;;/m111../s1. The van der Waals surface area contributed by atoms with Gasteiger partial charge in [0, 0.05) is 113 Å². The Morgan fingerprint density at radius 3 is 1.08 bits per heavy atom. The van der Waals surface area contributed by atoms with Crippen molar-refractivity contribution in [3.05, 3.63) is 142 Å². The van der Waals surface area contributed by atoms with Gasteiger partial charge in [-0.25, -0.2) is 81.2 Å². The monoisotopic (exact) mass is 1580 g/mol. The fraction of sp³-hybridized carbons (Fsp3) is 0.451. The summed E-state index contributed by atoms with van der Waals surface area (Å²) in [6.45, 7) is 14.9. The number of ether oxygens (including phenoxy) is 2. The zero-order valence-corrected chi connectivity index (χ0v) is 67.3. The minimum Gasteiger partial charge on any atom is -0.550 e. The fourth-order valence-corrected chi connectivity index (χ4v) is 11.4. The van der Waals surface area contributed by atoms with Crippen LogP contribution in [-0.2, 0) is 53.9 Å². The number of amides is 1. The average Bonchev–Trinajstić information content (AvgIpc) is 0.794. The van der Waals surface area contributed by atoms with Crippen molar-refractivity contribution in [2.45, 2.75) is 154 Å². The van der Waals surface area contributed by atoms with Crippen molar-refractivity contribution in [3.63, 3.8) is 0 Å². The summed E-state index contributed by atoms with van der Waals surface area (Å²) in [5.74, 6) is -5.66. The summed E-state index contributed by atoms with van der Waals surface area (Å²) in [7, 11) is -3.48. The maximum atomic E-state index is 13.7. The Bertz CT molecular complexity index is 4260. The Balaban J connectivity index is 0.000000410. The van der Waals surface area contributed by atoms with Crippen LogP contribution in [0.2, 0.25) is 0 Å². The van der Waals surface area contributed by atoms with Gasteiger partial charge < -0.3 is 54.6 Å². The third-order valence-electron chi connectivity index (χ3n) is 15.8. The maximum Gasteiger partial charge on any atom is 2.00 e. The second-order valence-electron chi connectivity index (χ2n) is 26.4. The number of halogens is 4. The molecule has 7 rings (SSSR count). The normalized spacial score (nSPS) is 15.7. The largest absolute Gasteiger partial charge is 2.00 e. The van der Waals surface area contributed by atoms with Crippen LogP contribution in [0.25, 0.3) is 52.0 Å². The van der Waals surface area contributed by atoms with E-state index < -0.39 is 103 Å². The Labute approximate surface area is 653 Å². The Morgan fingerprint density at radius 2 is 0.821 bits per heavy atom.